The number of nitrogens with zero attached hydrogens (tertiary/aromatic N) is 3. The van der Waals surface area contributed by atoms with Crippen LogP contribution in [-0.4, -0.2) is 41.3 Å². The molecule has 0 amide bonds. The van der Waals surface area contributed by atoms with E-state index in [1.165, 1.54) is 19.4 Å². The Bertz CT molecular complexity index is 288. The lowest BCUT2D eigenvalue weighted by atomic mass is 10.1. The Morgan fingerprint density at radius 2 is 2.53 bits per heavy atom. The van der Waals surface area contributed by atoms with E-state index in [4.69, 9.17) is 0 Å². The van der Waals surface area contributed by atoms with Crippen LogP contribution in [0.25, 0.3) is 0 Å². The van der Waals surface area contributed by atoms with Gasteiger partial charge in [0.15, 0.2) is 0 Å². The van der Waals surface area contributed by atoms with E-state index in [1.54, 1.807) is 6.20 Å². The van der Waals surface area contributed by atoms with Crippen molar-refractivity contribution in [2.75, 3.05) is 20.1 Å². The summed E-state index contributed by atoms with van der Waals surface area (Å²) in [5.74, 6) is 0. The molecule has 1 aromatic rings. The van der Waals surface area contributed by atoms with Crippen molar-refractivity contribution in [3.63, 3.8) is 0 Å². The Balaban J connectivity index is 1.78. The molecule has 0 spiro atoms. The molecule has 0 aliphatic carbocycles. The van der Waals surface area contributed by atoms with Gasteiger partial charge in [0.25, 0.3) is 0 Å². The maximum absolute atomic E-state index is 4.06. The molecule has 1 aliphatic heterocycles. The van der Waals surface area contributed by atoms with Gasteiger partial charge in [0.05, 0.1) is 5.69 Å². The third kappa shape index (κ3) is 3.25. The normalized spacial score (nSPS) is 22.9. The second-order valence-electron chi connectivity index (χ2n) is 4.20. The van der Waals surface area contributed by atoms with Gasteiger partial charge in [0.1, 0.15) is 0 Å². The number of likely N-dealkylation sites (N-methyl/N-ethyl adjacent to an activating group) is 1. The first kappa shape index (κ1) is 10.5. The van der Waals surface area contributed by atoms with Crippen molar-refractivity contribution in [1.82, 2.24) is 20.4 Å². The topological polar surface area (TPSA) is 41.0 Å². The van der Waals surface area contributed by atoms with Crippen LogP contribution < -0.4 is 5.32 Å². The molecule has 1 fully saturated rings. The molecule has 2 rings (SSSR count). The number of hydrogen-bond donors (Lipinski definition) is 1. The van der Waals surface area contributed by atoms with E-state index in [2.05, 4.69) is 27.5 Å². The molecule has 4 heteroatoms. The molecule has 1 aromatic heterocycles. The molecular formula is C11H18N4. The lowest BCUT2D eigenvalue weighted by Crippen LogP contribution is -2.43. The zero-order chi connectivity index (χ0) is 10.5. The molecule has 1 N–H and O–H groups in total. The minimum Gasteiger partial charge on any atom is -0.307 e. The van der Waals surface area contributed by atoms with Gasteiger partial charge in [-0.05, 0) is 38.6 Å². The predicted molar refractivity (Wildman–Crippen MR) is 59.4 cm³/mol. The predicted octanol–water partition coefficient (Wildman–Crippen LogP) is 0.660. The summed E-state index contributed by atoms with van der Waals surface area (Å²) in [6.07, 6.45) is 4.26. The molecule has 1 saturated heterocycles. The van der Waals surface area contributed by atoms with E-state index in [-0.39, 0.29) is 0 Å². The maximum Gasteiger partial charge on any atom is 0.0769 e. The van der Waals surface area contributed by atoms with Crippen LogP contribution in [-0.2, 0) is 6.54 Å². The summed E-state index contributed by atoms with van der Waals surface area (Å²) in [4.78, 5) is 2.37. The molecule has 15 heavy (non-hydrogen) atoms. The highest BCUT2D eigenvalue weighted by atomic mass is 15.1. The van der Waals surface area contributed by atoms with Gasteiger partial charge in [-0.15, -0.1) is 0 Å². The fourth-order valence-electron chi connectivity index (χ4n) is 2.01. The Hall–Kier alpha value is -1.00. The van der Waals surface area contributed by atoms with Crippen molar-refractivity contribution in [3.05, 3.63) is 24.0 Å². The molecule has 0 bridgehead atoms. The van der Waals surface area contributed by atoms with Crippen molar-refractivity contribution < 1.29 is 0 Å². The van der Waals surface area contributed by atoms with Crippen LogP contribution in [0.4, 0.5) is 0 Å². The van der Waals surface area contributed by atoms with Gasteiger partial charge in [-0.2, -0.15) is 10.2 Å². The largest absolute Gasteiger partial charge is 0.307 e. The van der Waals surface area contributed by atoms with Crippen LogP contribution in [0, 0.1) is 0 Å². The zero-order valence-corrected chi connectivity index (χ0v) is 9.19. The van der Waals surface area contributed by atoms with Crippen LogP contribution in [0.3, 0.4) is 0 Å². The number of rotatable bonds is 3. The molecule has 1 aliphatic rings. The number of likely N-dealkylation sites (tertiary alicyclic amines) is 1. The third-order valence-electron chi connectivity index (χ3n) is 2.82. The molecule has 4 nitrogen and oxygen atoms in total. The number of nitrogens with one attached hydrogen (secondary N) is 1. The lowest BCUT2D eigenvalue weighted by Gasteiger charge is -2.30. The highest BCUT2D eigenvalue weighted by molar-refractivity contribution is 4.98. The average Bonchev–Trinajstić information content (AvgIpc) is 2.28. The van der Waals surface area contributed by atoms with E-state index in [9.17, 15) is 0 Å². The van der Waals surface area contributed by atoms with Crippen LogP contribution in [0.15, 0.2) is 18.3 Å². The SMILES string of the molecule is CN1CCCC(NCc2cccnn2)C1. The molecule has 0 aromatic carbocycles. The quantitative estimate of drug-likeness (QED) is 0.789. The Kier molecular flexibility index (Phi) is 3.64. The summed E-state index contributed by atoms with van der Waals surface area (Å²) in [5, 5.41) is 11.4. The standard InChI is InChI=1S/C11H18N4/c1-15-7-3-5-11(9-15)12-8-10-4-2-6-13-14-10/h2,4,6,11-12H,3,5,7-9H2,1H3. The fourth-order valence-corrected chi connectivity index (χ4v) is 2.01. The van der Waals surface area contributed by atoms with Crippen molar-refractivity contribution >= 4 is 0 Å². The molecule has 0 radical (unpaired) electrons. The highest BCUT2D eigenvalue weighted by Crippen LogP contribution is 2.08. The summed E-state index contributed by atoms with van der Waals surface area (Å²) in [6, 6.07) is 4.54. The average molecular weight is 206 g/mol. The minimum atomic E-state index is 0.603. The number of hydrogen-bond acceptors (Lipinski definition) is 4. The third-order valence-corrected chi connectivity index (χ3v) is 2.82. The van der Waals surface area contributed by atoms with Crippen LogP contribution in [0.5, 0.6) is 0 Å². The maximum atomic E-state index is 4.06. The second-order valence-corrected chi connectivity index (χ2v) is 4.20. The van der Waals surface area contributed by atoms with E-state index in [0.717, 1.165) is 18.8 Å². The summed E-state index contributed by atoms with van der Waals surface area (Å²) in [5.41, 5.74) is 1.02. The number of aromatic nitrogens is 2. The molecule has 2 heterocycles. The van der Waals surface area contributed by atoms with Gasteiger partial charge >= 0.3 is 0 Å². The summed E-state index contributed by atoms with van der Waals surface area (Å²) in [7, 11) is 2.18. The minimum absolute atomic E-state index is 0.603. The molecule has 82 valence electrons. The molecular weight excluding hydrogens is 188 g/mol. The summed E-state index contributed by atoms with van der Waals surface area (Å²) >= 11 is 0. The molecule has 1 unspecified atom stereocenters. The smallest absolute Gasteiger partial charge is 0.0769 e. The Labute approximate surface area is 90.7 Å². The molecule has 1 atom stereocenters. The lowest BCUT2D eigenvalue weighted by molar-refractivity contribution is 0.226. The van der Waals surface area contributed by atoms with Crippen molar-refractivity contribution in [2.24, 2.45) is 0 Å². The first-order valence-corrected chi connectivity index (χ1v) is 5.53. The van der Waals surface area contributed by atoms with E-state index in [1.807, 2.05) is 12.1 Å². The monoisotopic (exact) mass is 206 g/mol. The number of piperidine rings is 1. The van der Waals surface area contributed by atoms with Gasteiger partial charge in [-0.1, -0.05) is 0 Å². The first-order chi connectivity index (χ1) is 7.34. The van der Waals surface area contributed by atoms with Gasteiger partial charge in [0.2, 0.25) is 0 Å². The molecule has 0 saturated carbocycles. The van der Waals surface area contributed by atoms with Gasteiger partial charge in [0, 0.05) is 25.3 Å². The van der Waals surface area contributed by atoms with Crippen molar-refractivity contribution in [3.8, 4) is 0 Å². The Morgan fingerprint density at radius 3 is 3.27 bits per heavy atom. The van der Waals surface area contributed by atoms with Crippen LogP contribution >= 0.6 is 0 Å². The van der Waals surface area contributed by atoms with Gasteiger partial charge in [-0.25, -0.2) is 0 Å². The van der Waals surface area contributed by atoms with E-state index in [0.29, 0.717) is 6.04 Å². The van der Waals surface area contributed by atoms with Crippen molar-refractivity contribution in [1.29, 1.82) is 0 Å². The Morgan fingerprint density at radius 1 is 1.60 bits per heavy atom. The first-order valence-electron chi connectivity index (χ1n) is 5.53. The highest BCUT2D eigenvalue weighted by Gasteiger charge is 2.16. The second kappa shape index (κ2) is 5.19. The van der Waals surface area contributed by atoms with Crippen molar-refractivity contribution in [2.45, 2.75) is 25.4 Å². The summed E-state index contributed by atoms with van der Waals surface area (Å²) < 4.78 is 0. The fraction of sp³-hybridized carbons (Fsp3) is 0.636. The van der Waals surface area contributed by atoms with Gasteiger partial charge in [-0.3, -0.25) is 0 Å². The van der Waals surface area contributed by atoms with E-state index < -0.39 is 0 Å². The van der Waals surface area contributed by atoms with Crippen LogP contribution in [0.2, 0.25) is 0 Å². The summed E-state index contributed by atoms with van der Waals surface area (Å²) in [6.45, 7) is 3.19. The van der Waals surface area contributed by atoms with Crippen LogP contribution in [0.1, 0.15) is 18.5 Å². The zero-order valence-electron chi connectivity index (χ0n) is 9.19. The van der Waals surface area contributed by atoms with Gasteiger partial charge < -0.3 is 10.2 Å². The van der Waals surface area contributed by atoms with E-state index >= 15 is 0 Å².